The molecular weight excluding hydrogens is 248 g/mol. The average Bonchev–Trinajstić information content (AvgIpc) is 3.09. The summed E-state index contributed by atoms with van der Waals surface area (Å²) in [6.07, 6.45) is 5.35. The molecule has 3 aliphatic carbocycles. The molecule has 1 unspecified atom stereocenters. The summed E-state index contributed by atoms with van der Waals surface area (Å²) in [7, 11) is 0. The van der Waals surface area contributed by atoms with Crippen LogP contribution >= 0.6 is 0 Å². The summed E-state index contributed by atoms with van der Waals surface area (Å²) in [6, 6.07) is 10.8. The molecule has 1 spiro atoms. The first-order valence-electron chi connectivity index (χ1n) is 7.96. The normalized spacial score (nSPS) is 42.8. The van der Waals surface area contributed by atoms with Gasteiger partial charge >= 0.3 is 0 Å². The molecule has 1 N–H and O–H groups in total. The molecule has 20 heavy (non-hydrogen) atoms. The highest BCUT2D eigenvalue weighted by atomic mass is 16.3. The van der Waals surface area contributed by atoms with Gasteiger partial charge in [-0.05, 0) is 54.4 Å². The molecule has 3 fully saturated rings. The second kappa shape index (κ2) is 4.42. The number of rotatable bonds is 2. The van der Waals surface area contributed by atoms with Gasteiger partial charge in [-0.1, -0.05) is 30.3 Å². The van der Waals surface area contributed by atoms with E-state index >= 15 is 0 Å². The zero-order valence-electron chi connectivity index (χ0n) is 11.8. The van der Waals surface area contributed by atoms with Crippen molar-refractivity contribution in [2.45, 2.75) is 38.0 Å². The molecule has 0 aliphatic heterocycles. The summed E-state index contributed by atoms with van der Waals surface area (Å²) in [5.74, 6) is 1.89. The molecule has 2 nitrogen and oxygen atoms in total. The lowest BCUT2D eigenvalue weighted by Gasteiger charge is -2.37. The van der Waals surface area contributed by atoms with E-state index in [4.69, 9.17) is 0 Å². The van der Waals surface area contributed by atoms with Crippen molar-refractivity contribution < 1.29 is 9.90 Å². The van der Waals surface area contributed by atoms with Crippen molar-refractivity contribution in [3.63, 3.8) is 0 Å². The highest BCUT2D eigenvalue weighted by Crippen LogP contribution is 2.69. The molecule has 0 amide bonds. The van der Waals surface area contributed by atoms with E-state index in [-0.39, 0.29) is 23.9 Å². The largest absolute Gasteiger partial charge is 0.396 e. The fraction of sp³-hybridized carbons (Fsp3) is 0.611. The zero-order valence-corrected chi connectivity index (χ0v) is 11.8. The first-order chi connectivity index (χ1) is 9.77. The van der Waals surface area contributed by atoms with E-state index in [1.165, 1.54) is 18.4 Å². The lowest BCUT2D eigenvalue weighted by atomic mass is 9.66. The third-order valence-electron chi connectivity index (χ3n) is 6.44. The SMILES string of the molecule is O=C1C[C@H]2CCC(c3ccccc3)[C@]23CC[C@@H](CO)[C@H]13. The van der Waals surface area contributed by atoms with Crippen molar-refractivity contribution in [2.75, 3.05) is 6.61 Å². The average molecular weight is 270 g/mol. The Morgan fingerprint density at radius 1 is 1.15 bits per heavy atom. The van der Waals surface area contributed by atoms with E-state index in [0.29, 0.717) is 17.6 Å². The van der Waals surface area contributed by atoms with Gasteiger partial charge in [0.25, 0.3) is 0 Å². The van der Waals surface area contributed by atoms with Crippen molar-refractivity contribution in [3.05, 3.63) is 35.9 Å². The number of Topliss-reactive ketones (excluding diaryl/α,β-unsaturated/α-hetero) is 1. The van der Waals surface area contributed by atoms with Gasteiger partial charge in [0.1, 0.15) is 5.78 Å². The number of benzene rings is 1. The van der Waals surface area contributed by atoms with Crippen LogP contribution in [0.4, 0.5) is 0 Å². The molecule has 0 heterocycles. The minimum absolute atomic E-state index is 0.130. The van der Waals surface area contributed by atoms with Gasteiger partial charge in [-0.25, -0.2) is 0 Å². The fourth-order valence-electron chi connectivity index (χ4n) is 5.82. The number of aliphatic hydroxyl groups excluding tert-OH is 1. The summed E-state index contributed by atoms with van der Waals surface area (Å²) < 4.78 is 0. The molecule has 5 atom stereocenters. The van der Waals surface area contributed by atoms with Crippen LogP contribution in [0.2, 0.25) is 0 Å². The first kappa shape index (κ1) is 12.6. The van der Waals surface area contributed by atoms with Gasteiger partial charge in [0.2, 0.25) is 0 Å². The molecule has 106 valence electrons. The number of hydrogen-bond acceptors (Lipinski definition) is 2. The third-order valence-corrected chi connectivity index (χ3v) is 6.44. The highest BCUT2D eigenvalue weighted by Gasteiger charge is 2.65. The number of ketones is 1. The predicted molar refractivity (Wildman–Crippen MR) is 77.3 cm³/mol. The van der Waals surface area contributed by atoms with Crippen LogP contribution in [-0.4, -0.2) is 17.5 Å². The van der Waals surface area contributed by atoms with Gasteiger partial charge < -0.3 is 5.11 Å². The van der Waals surface area contributed by atoms with E-state index in [1.54, 1.807) is 0 Å². The van der Waals surface area contributed by atoms with E-state index in [0.717, 1.165) is 19.3 Å². The Morgan fingerprint density at radius 2 is 1.95 bits per heavy atom. The van der Waals surface area contributed by atoms with Crippen LogP contribution < -0.4 is 0 Å². The van der Waals surface area contributed by atoms with Crippen molar-refractivity contribution in [2.24, 2.45) is 23.2 Å². The number of hydrogen-bond donors (Lipinski definition) is 1. The Hall–Kier alpha value is -1.15. The summed E-state index contributed by atoms with van der Waals surface area (Å²) in [5, 5.41) is 9.65. The fourth-order valence-corrected chi connectivity index (χ4v) is 5.82. The van der Waals surface area contributed by atoms with Gasteiger partial charge in [0, 0.05) is 18.9 Å². The second-order valence-corrected chi connectivity index (χ2v) is 6.98. The van der Waals surface area contributed by atoms with Crippen molar-refractivity contribution in [3.8, 4) is 0 Å². The van der Waals surface area contributed by atoms with Crippen LogP contribution in [0.25, 0.3) is 0 Å². The maximum Gasteiger partial charge on any atom is 0.137 e. The van der Waals surface area contributed by atoms with E-state index < -0.39 is 0 Å². The van der Waals surface area contributed by atoms with Crippen LogP contribution in [0.3, 0.4) is 0 Å². The highest BCUT2D eigenvalue weighted by molar-refractivity contribution is 5.86. The molecule has 1 aromatic rings. The molecule has 2 heteroatoms. The Labute approximate surface area is 120 Å². The molecule has 0 saturated heterocycles. The van der Waals surface area contributed by atoms with E-state index in [1.807, 2.05) is 0 Å². The van der Waals surface area contributed by atoms with Gasteiger partial charge in [-0.15, -0.1) is 0 Å². The summed E-state index contributed by atoms with van der Waals surface area (Å²) in [6.45, 7) is 0.187. The van der Waals surface area contributed by atoms with Crippen molar-refractivity contribution in [1.82, 2.24) is 0 Å². The topological polar surface area (TPSA) is 37.3 Å². The maximum absolute atomic E-state index is 12.5. The molecule has 3 aliphatic rings. The molecule has 0 aromatic heterocycles. The van der Waals surface area contributed by atoms with Crippen molar-refractivity contribution >= 4 is 5.78 Å². The van der Waals surface area contributed by atoms with Gasteiger partial charge in [-0.2, -0.15) is 0 Å². The maximum atomic E-state index is 12.5. The third kappa shape index (κ3) is 1.46. The molecule has 0 radical (unpaired) electrons. The predicted octanol–water partition coefficient (Wildman–Crippen LogP) is 3.16. The van der Waals surface area contributed by atoms with E-state index in [9.17, 15) is 9.90 Å². The second-order valence-electron chi connectivity index (χ2n) is 6.98. The summed E-state index contributed by atoms with van der Waals surface area (Å²) in [5.41, 5.74) is 1.58. The number of carbonyl (C=O) groups excluding carboxylic acids is 1. The van der Waals surface area contributed by atoms with E-state index in [2.05, 4.69) is 30.3 Å². The smallest absolute Gasteiger partial charge is 0.137 e. The van der Waals surface area contributed by atoms with Gasteiger partial charge in [0.15, 0.2) is 0 Å². The molecule has 1 aromatic carbocycles. The van der Waals surface area contributed by atoms with Crippen LogP contribution in [-0.2, 0) is 4.79 Å². The number of carbonyl (C=O) groups is 1. The minimum Gasteiger partial charge on any atom is -0.396 e. The lowest BCUT2D eigenvalue weighted by Crippen LogP contribution is -2.34. The Balaban J connectivity index is 1.79. The van der Waals surface area contributed by atoms with Crippen LogP contribution in [0.15, 0.2) is 30.3 Å². The van der Waals surface area contributed by atoms with Crippen molar-refractivity contribution in [1.29, 1.82) is 0 Å². The standard InChI is InChI=1S/C18H22O2/c19-11-13-8-9-18-14(10-16(20)17(13)18)6-7-15(18)12-4-2-1-3-5-12/h1-5,13-15,17,19H,6-11H2/t13-,14+,15?,17+,18-/m0/s1. The first-order valence-corrected chi connectivity index (χ1v) is 7.96. The number of aliphatic hydroxyl groups is 1. The Kier molecular flexibility index (Phi) is 2.78. The van der Waals surface area contributed by atoms with Crippen LogP contribution in [0.5, 0.6) is 0 Å². The molecule has 0 bridgehead atoms. The quantitative estimate of drug-likeness (QED) is 0.896. The monoisotopic (exact) mass is 270 g/mol. The van der Waals surface area contributed by atoms with Crippen LogP contribution in [0, 0.1) is 23.2 Å². The Morgan fingerprint density at radius 3 is 2.70 bits per heavy atom. The summed E-state index contributed by atoms with van der Waals surface area (Å²) >= 11 is 0. The molecule has 4 rings (SSSR count). The van der Waals surface area contributed by atoms with Gasteiger partial charge in [0.05, 0.1) is 0 Å². The molecular formula is C18H22O2. The molecule has 3 saturated carbocycles. The minimum atomic E-state index is 0.130. The van der Waals surface area contributed by atoms with Gasteiger partial charge in [-0.3, -0.25) is 4.79 Å². The zero-order chi connectivity index (χ0) is 13.7. The van der Waals surface area contributed by atoms with Crippen LogP contribution in [0.1, 0.15) is 43.6 Å². The summed E-state index contributed by atoms with van der Waals surface area (Å²) in [4.78, 5) is 12.5. The lowest BCUT2D eigenvalue weighted by molar-refractivity contribution is -0.123. The Bertz CT molecular complexity index is 523.